The molecule has 0 aliphatic carbocycles. The summed E-state index contributed by atoms with van der Waals surface area (Å²) in [5.41, 5.74) is 25.2. The number of rotatable bonds is 10. The molecule has 0 saturated carbocycles. The summed E-state index contributed by atoms with van der Waals surface area (Å²) in [6.45, 7) is -0.0981. The van der Waals surface area contributed by atoms with Gasteiger partial charge in [-0.1, -0.05) is 224 Å². The summed E-state index contributed by atoms with van der Waals surface area (Å²) in [5.74, 6) is 1.54. The first-order valence-electron chi connectivity index (χ1n) is 30.4. The summed E-state index contributed by atoms with van der Waals surface area (Å²) in [7, 11) is 0. The van der Waals surface area contributed by atoms with Gasteiger partial charge in [-0.2, -0.15) is 5.26 Å². The summed E-state index contributed by atoms with van der Waals surface area (Å²) in [6, 6.07) is 115. The van der Waals surface area contributed by atoms with Crippen molar-refractivity contribution in [2.45, 2.75) is 0 Å². The molecule has 90 heavy (non-hydrogen) atoms. The second kappa shape index (κ2) is 21.7. The normalized spacial score (nSPS) is 12.1. The molecule has 13 aromatic carbocycles. The van der Waals surface area contributed by atoms with E-state index < -0.39 is 0 Å². The van der Waals surface area contributed by atoms with E-state index in [1.165, 1.54) is 27.5 Å². The van der Waals surface area contributed by atoms with Crippen LogP contribution in [0.1, 0.15) is 5.56 Å². The van der Waals surface area contributed by atoms with E-state index in [0.29, 0.717) is 28.6 Å². The van der Waals surface area contributed by atoms with Crippen molar-refractivity contribution in [3.05, 3.63) is 321 Å². The zero-order valence-electron chi connectivity index (χ0n) is 48.7. The Kier molecular flexibility index (Phi) is 12.6. The average molecular weight is 1150 g/mol. The lowest BCUT2D eigenvalue weighted by molar-refractivity contribution is 1.06. The number of hydrogen-bond acceptors (Lipinski definition) is 6. The first-order chi connectivity index (χ1) is 44.6. The minimum Gasteiger partial charge on any atom is -0.311 e. The molecule has 0 unspecified atom stereocenters. The molecule has 7 nitrogen and oxygen atoms in total. The molecule has 0 spiro atoms. The van der Waals surface area contributed by atoms with Gasteiger partial charge in [0.1, 0.15) is 0 Å². The monoisotopic (exact) mass is 1150 g/mol. The Morgan fingerprint density at radius 1 is 0.289 bits per heavy atom. The van der Waals surface area contributed by atoms with Gasteiger partial charge in [-0.05, 0) is 152 Å². The Morgan fingerprint density at radius 2 is 0.656 bits per heavy atom. The topological polar surface area (TPSA) is 73.9 Å². The van der Waals surface area contributed by atoms with Crippen LogP contribution in [0.2, 0.25) is 0 Å². The molecule has 15 aromatic rings. The molecular formula is C82H52BN7. The number of nitriles is 1. The summed E-state index contributed by atoms with van der Waals surface area (Å²) in [5, 5.41) is 12.8. The van der Waals surface area contributed by atoms with Crippen LogP contribution in [0.3, 0.4) is 0 Å². The van der Waals surface area contributed by atoms with Crippen LogP contribution in [0.25, 0.3) is 106 Å². The van der Waals surface area contributed by atoms with E-state index in [1.807, 2.05) is 78.9 Å². The minimum absolute atomic E-state index is 0.0981. The van der Waals surface area contributed by atoms with Gasteiger partial charge in [0.25, 0.3) is 6.71 Å². The van der Waals surface area contributed by atoms with E-state index in [4.69, 9.17) is 15.0 Å². The van der Waals surface area contributed by atoms with E-state index in [0.717, 1.165) is 106 Å². The SMILES string of the molecule is N#Cc1ccc(-n2c3ccc(-c4ccccc4)cc3c3cc(-c4cc5c6c(c4)N(c4ccccc4)c4cc(-c7ccccc7)ccc4B6c4ccc(-c6ccccc6)cc4N5c4ccccc4)ccc32)c(-c2nc(-c3ccccc3)nc(-c3ccccc3)n2)c1. The molecule has 2 aromatic heterocycles. The molecule has 8 heteroatoms. The van der Waals surface area contributed by atoms with Crippen molar-refractivity contribution >= 4 is 79.0 Å². The molecule has 17 rings (SSSR count). The van der Waals surface area contributed by atoms with Crippen LogP contribution in [0.4, 0.5) is 34.1 Å². The van der Waals surface area contributed by atoms with Gasteiger partial charge in [-0.15, -0.1) is 0 Å². The molecule has 0 amide bonds. The molecule has 2 aliphatic heterocycles. The molecule has 0 radical (unpaired) electrons. The standard InChI is InChI=1S/C82H52BN7/c84-53-54-36-43-74(69(46-54)82-86-80(58-28-14-4-15-29-58)85-81(87-82)59-30-16-5-17-31-59)90-72-44-39-60(55-22-8-1-9-23-55)47-67(72)68-48-61(40-45-73(68)90)64-51-77-79-78(52-64)89(66-34-20-7-21-35-66)76-50-63(57-26-12-3-13-27-57)38-42-71(76)83(79)70-41-37-62(56-24-10-2-11-25-56)49-75(70)88(77)65-32-18-6-19-33-65/h1-52H. The van der Waals surface area contributed by atoms with Gasteiger partial charge in [0.15, 0.2) is 17.5 Å². The van der Waals surface area contributed by atoms with Crippen molar-refractivity contribution in [1.82, 2.24) is 19.5 Å². The van der Waals surface area contributed by atoms with Gasteiger partial charge in [0.2, 0.25) is 0 Å². The number of nitrogens with zero attached hydrogens (tertiary/aromatic N) is 7. The van der Waals surface area contributed by atoms with Crippen LogP contribution in [0.15, 0.2) is 315 Å². The highest BCUT2D eigenvalue weighted by molar-refractivity contribution is 7.00. The molecule has 0 saturated heterocycles. The van der Waals surface area contributed by atoms with E-state index in [-0.39, 0.29) is 6.71 Å². The maximum absolute atomic E-state index is 10.6. The molecule has 0 N–H and O–H groups in total. The number of benzene rings is 13. The number of para-hydroxylation sites is 2. The maximum atomic E-state index is 10.6. The smallest absolute Gasteiger partial charge is 0.252 e. The Bertz CT molecular complexity index is 5090. The zero-order valence-corrected chi connectivity index (χ0v) is 48.7. The third-order valence-electron chi connectivity index (χ3n) is 17.8. The largest absolute Gasteiger partial charge is 0.311 e. The van der Waals surface area contributed by atoms with Crippen molar-refractivity contribution in [2.75, 3.05) is 9.80 Å². The fourth-order valence-corrected chi connectivity index (χ4v) is 13.7. The fourth-order valence-electron chi connectivity index (χ4n) is 13.7. The van der Waals surface area contributed by atoms with Gasteiger partial charge in [0.05, 0.1) is 28.4 Å². The Hall–Kier alpha value is -12.2. The molecule has 0 bridgehead atoms. The number of fused-ring (bicyclic) bond motifs is 7. The number of anilines is 6. The van der Waals surface area contributed by atoms with Gasteiger partial charge in [-0.3, -0.25) is 0 Å². The number of hydrogen-bond donors (Lipinski definition) is 0. The van der Waals surface area contributed by atoms with Crippen LogP contribution in [-0.4, -0.2) is 26.2 Å². The van der Waals surface area contributed by atoms with Gasteiger partial charge >= 0.3 is 0 Å². The lowest BCUT2D eigenvalue weighted by Gasteiger charge is -2.44. The van der Waals surface area contributed by atoms with Gasteiger partial charge < -0.3 is 14.4 Å². The first-order valence-corrected chi connectivity index (χ1v) is 30.4. The van der Waals surface area contributed by atoms with Crippen molar-refractivity contribution in [1.29, 1.82) is 5.26 Å². The van der Waals surface area contributed by atoms with Crippen molar-refractivity contribution in [2.24, 2.45) is 0 Å². The van der Waals surface area contributed by atoms with E-state index in [9.17, 15) is 5.26 Å². The first kappa shape index (κ1) is 52.2. The number of aromatic nitrogens is 4. The Labute approximate surface area is 522 Å². The highest BCUT2D eigenvalue weighted by Gasteiger charge is 2.44. The highest BCUT2D eigenvalue weighted by Crippen LogP contribution is 2.48. The minimum atomic E-state index is -0.0981. The highest BCUT2D eigenvalue weighted by atomic mass is 15.2. The Morgan fingerprint density at radius 3 is 1.09 bits per heavy atom. The van der Waals surface area contributed by atoms with Crippen LogP contribution in [0, 0.1) is 11.3 Å². The van der Waals surface area contributed by atoms with Crippen LogP contribution < -0.4 is 26.2 Å². The molecule has 0 fully saturated rings. The van der Waals surface area contributed by atoms with E-state index >= 15 is 0 Å². The van der Waals surface area contributed by atoms with Crippen molar-refractivity contribution in [3.63, 3.8) is 0 Å². The summed E-state index contributed by atoms with van der Waals surface area (Å²) < 4.78 is 2.33. The van der Waals surface area contributed by atoms with E-state index in [2.05, 4.69) is 257 Å². The third-order valence-corrected chi connectivity index (χ3v) is 17.8. The second-order valence-electron chi connectivity index (χ2n) is 23.0. The third kappa shape index (κ3) is 8.87. The van der Waals surface area contributed by atoms with Crippen molar-refractivity contribution in [3.8, 4) is 90.4 Å². The lowest BCUT2D eigenvalue weighted by atomic mass is 9.33. The zero-order chi connectivity index (χ0) is 59.7. The molecule has 418 valence electrons. The molecule has 4 heterocycles. The van der Waals surface area contributed by atoms with Crippen LogP contribution in [0.5, 0.6) is 0 Å². The predicted octanol–water partition coefficient (Wildman–Crippen LogP) is 18.6. The molecule has 2 aliphatic rings. The fraction of sp³-hybridized carbons (Fsp3) is 0. The van der Waals surface area contributed by atoms with Crippen LogP contribution >= 0.6 is 0 Å². The molecular weight excluding hydrogens is 1090 g/mol. The second-order valence-corrected chi connectivity index (χ2v) is 23.0. The summed E-state index contributed by atoms with van der Waals surface area (Å²) in [4.78, 5) is 20.6. The van der Waals surface area contributed by atoms with Crippen LogP contribution in [-0.2, 0) is 0 Å². The Balaban J connectivity index is 0.932. The van der Waals surface area contributed by atoms with Gasteiger partial charge in [-0.25, -0.2) is 15.0 Å². The van der Waals surface area contributed by atoms with Gasteiger partial charge in [0, 0.05) is 61.6 Å². The quantitative estimate of drug-likeness (QED) is 0.127. The predicted molar refractivity (Wildman–Crippen MR) is 371 cm³/mol. The maximum Gasteiger partial charge on any atom is 0.252 e. The van der Waals surface area contributed by atoms with Crippen molar-refractivity contribution < 1.29 is 0 Å². The lowest BCUT2D eigenvalue weighted by Crippen LogP contribution is -2.61. The summed E-state index contributed by atoms with van der Waals surface area (Å²) in [6.07, 6.45) is 0. The summed E-state index contributed by atoms with van der Waals surface area (Å²) >= 11 is 0. The van der Waals surface area contributed by atoms with E-state index in [1.54, 1.807) is 0 Å². The average Bonchev–Trinajstić information content (AvgIpc) is 0.751. The molecule has 0 atom stereocenters.